The SMILES string of the molecule is CCC[C@@H](N)C(=O)OC1CC(C)OC(C)C1. The van der Waals surface area contributed by atoms with Crippen molar-refractivity contribution in [2.75, 3.05) is 0 Å². The van der Waals surface area contributed by atoms with Crippen LogP contribution in [0, 0.1) is 0 Å². The molecule has 4 nitrogen and oxygen atoms in total. The third-order valence-corrected chi connectivity index (χ3v) is 2.84. The predicted octanol–water partition coefficient (Wildman–Crippen LogP) is 1.61. The Balaban J connectivity index is 2.38. The van der Waals surface area contributed by atoms with Gasteiger partial charge in [-0.05, 0) is 20.3 Å². The number of rotatable bonds is 4. The summed E-state index contributed by atoms with van der Waals surface area (Å²) in [6.07, 6.45) is 3.41. The number of ether oxygens (including phenoxy) is 2. The average molecular weight is 229 g/mol. The van der Waals surface area contributed by atoms with Gasteiger partial charge in [0.2, 0.25) is 0 Å². The molecule has 0 saturated carbocycles. The van der Waals surface area contributed by atoms with Gasteiger partial charge in [-0.25, -0.2) is 0 Å². The molecular formula is C12H23NO3. The number of carbonyl (C=O) groups is 1. The number of hydrogen-bond donors (Lipinski definition) is 1. The molecule has 16 heavy (non-hydrogen) atoms. The largest absolute Gasteiger partial charge is 0.461 e. The molecule has 1 heterocycles. The van der Waals surface area contributed by atoms with Crippen LogP contribution in [0.1, 0.15) is 46.5 Å². The van der Waals surface area contributed by atoms with E-state index in [2.05, 4.69) is 0 Å². The summed E-state index contributed by atoms with van der Waals surface area (Å²) in [7, 11) is 0. The van der Waals surface area contributed by atoms with Crippen LogP contribution in [0.15, 0.2) is 0 Å². The zero-order valence-electron chi connectivity index (χ0n) is 10.4. The van der Waals surface area contributed by atoms with Gasteiger partial charge in [0.15, 0.2) is 0 Å². The molecule has 1 fully saturated rings. The van der Waals surface area contributed by atoms with Crippen LogP contribution in [0.3, 0.4) is 0 Å². The van der Waals surface area contributed by atoms with E-state index >= 15 is 0 Å². The fourth-order valence-electron chi connectivity index (χ4n) is 2.12. The molecule has 1 aliphatic heterocycles. The van der Waals surface area contributed by atoms with E-state index in [-0.39, 0.29) is 24.3 Å². The second-order valence-corrected chi connectivity index (χ2v) is 4.68. The van der Waals surface area contributed by atoms with Crippen LogP contribution < -0.4 is 5.73 Å². The molecule has 0 aromatic heterocycles. The highest BCUT2D eigenvalue weighted by molar-refractivity contribution is 5.75. The zero-order valence-corrected chi connectivity index (χ0v) is 10.4. The van der Waals surface area contributed by atoms with Crippen molar-refractivity contribution in [1.29, 1.82) is 0 Å². The van der Waals surface area contributed by atoms with Crippen LogP contribution in [0.4, 0.5) is 0 Å². The molecule has 3 atom stereocenters. The van der Waals surface area contributed by atoms with Crippen molar-refractivity contribution in [2.24, 2.45) is 5.73 Å². The first-order valence-corrected chi connectivity index (χ1v) is 6.14. The van der Waals surface area contributed by atoms with Crippen LogP contribution in [0.2, 0.25) is 0 Å². The standard InChI is InChI=1S/C12H23NO3/c1-4-5-11(13)12(14)16-10-6-8(2)15-9(3)7-10/h8-11H,4-7,13H2,1-3H3/t8?,9?,10?,11-/m1/s1. The van der Waals surface area contributed by atoms with Crippen molar-refractivity contribution >= 4 is 5.97 Å². The maximum absolute atomic E-state index is 11.6. The molecule has 94 valence electrons. The van der Waals surface area contributed by atoms with E-state index in [4.69, 9.17) is 15.2 Å². The lowest BCUT2D eigenvalue weighted by atomic mass is 10.0. The molecular weight excluding hydrogens is 206 g/mol. The van der Waals surface area contributed by atoms with E-state index in [9.17, 15) is 4.79 Å². The van der Waals surface area contributed by atoms with Crippen molar-refractivity contribution in [3.8, 4) is 0 Å². The van der Waals surface area contributed by atoms with E-state index in [1.807, 2.05) is 20.8 Å². The molecule has 1 rings (SSSR count). The topological polar surface area (TPSA) is 61.6 Å². The monoisotopic (exact) mass is 229 g/mol. The van der Waals surface area contributed by atoms with Crippen LogP contribution in [0.25, 0.3) is 0 Å². The molecule has 0 aromatic carbocycles. The van der Waals surface area contributed by atoms with Crippen molar-refractivity contribution in [1.82, 2.24) is 0 Å². The van der Waals surface area contributed by atoms with Gasteiger partial charge < -0.3 is 15.2 Å². The molecule has 0 aliphatic carbocycles. The summed E-state index contributed by atoms with van der Waals surface area (Å²) in [5.74, 6) is -0.270. The number of nitrogens with two attached hydrogens (primary N) is 1. The Kier molecular flexibility index (Phi) is 5.22. The summed E-state index contributed by atoms with van der Waals surface area (Å²) < 4.78 is 11.0. The summed E-state index contributed by atoms with van der Waals surface area (Å²) in [4.78, 5) is 11.6. The number of esters is 1. The Labute approximate surface area is 97.5 Å². The Hall–Kier alpha value is -0.610. The smallest absolute Gasteiger partial charge is 0.323 e. The highest BCUT2D eigenvalue weighted by Gasteiger charge is 2.28. The van der Waals surface area contributed by atoms with Gasteiger partial charge >= 0.3 is 5.97 Å². The third kappa shape index (κ3) is 4.10. The Morgan fingerprint density at radius 1 is 1.44 bits per heavy atom. The summed E-state index contributed by atoms with van der Waals surface area (Å²) in [5, 5.41) is 0. The minimum Gasteiger partial charge on any atom is -0.461 e. The van der Waals surface area contributed by atoms with E-state index in [0.29, 0.717) is 6.42 Å². The Bertz CT molecular complexity index is 222. The maximum atomic E-state index is 11.6. The quantitative estimate of drug-likeness (QED) is 0.744. The highest BCUT2D eigenvalue weighted by Crippen LogP contribution is 2.22. The summed E-state index contributed by atoms with van der Waals surface area (Å²) in [6.45, 7) is 6.01. The summed E-state index contributed by atoms with van der Waals surface area (Å²) >= 11 is 0. The Morgan fingerprint density at radius 2 is 2.00 bits per heavy atom. The number of hydrogen-bond acceptors (Lipinski definition) is 4. The first kappa shape index (κ1) is 13.5. The van der Waals surface area contributed by atoms with Crippen LogP contribution >= 0.6 is 0 Å². The fraction of sp³-hybridized carbons (Fsp3) is 0.917. The van der Waals surface area contributed by atoms with E-state index in [1.165, 1.54) is 0 Å². The first-order chi connectivity index (χ1) is 7.52. The predicted molar refractivity (Wildman–Crippen MR) is 62.0 cm³/mol. The van der Waals surface area contributed by atoms with Crippen LogP contribution in [0.5, 0.6) is 0 Å². The van der Waals surface area contributed by atoms with Gasteiger partial charge in [-0.15, -0.1) is 0 Å². The molecule has 2 unspecified atom stereocenters. The Morgan fingerprint density at radius 3 is 2.50 bits per heavy atom. The fourth-order valence-corrected chi connectivity index (χ4v) is 2.12. The minimum atomic E-state index is -0.474. The van der Waals surface area contributed by atoms with E-state index < -0.39 is 6.04 Å². The normalized spacial score (nSPS) is 32.1. The van der Waals surface area contributed by atoms with E-state index in [1.54, 1.807) is 0 Å². The molecule has 0 aromatic rings. The van der Waals surface area contributed by atoms with E-state index in [0.717, 1.165) is 19.3 Å². The molecule has 0 spiro atoms. The van der Waals surface area contributed by atoms with Crippen molar-refractivity contribution in [3.05, 3.63) is 0 Å². The summed E-state index contributed by atoms with van der Waals surface area (Å²) in [6, 6.07) is -0.474. The molecule has 1 aliphatic rings. The lowest BCUT2D eigenvalue weighted by Gasteiger charge is -2.32. The van der Waals surface area contributed by atoms with Gasteiger partial charge in [0, 0.05) is 12.8 Å². The zero-order chi connectivity index (χ0) is 12.1. The van der Waals surface area contributed by atoms with Gasteiger partial charge in [-0.1, -0.05) is 13.3 Å². The molecule has 4 heteroatoms. The molecule has 1 saturated heterocycles. The van der Waals surface area contributed by atoms with Gasteiger partial charge in [0.1, 0.15) is 12.1 Å². The van der Waals surface area contributed by atoms with Crippen molar-refractivity contribution in [2.45, 2.75) is 70.8 Å². The van der Waals surface area contributed by atoms with Crippen LogP contribution in [-0.4, -0.2) is 30.3 Å². The third-order valence-electron chi connectivity index (χ3n) is 2.84. The van der Waals surface area contributed by atoms with Crippen molar-refractivity contribution in [3.63, 3.8) is 0 Å². The molecule has 0 amide bonds. The molecule has 0 radical (unpaired) electrons. The van der Waals surface area contributed by atoms with Gasteiger partial charge in [-0.3, -0.25) is 4.79 Å². The minimum absolute atomic E-state index is 0.0332. The lowest BCUT2D eigenvalue weighted by Crippen LogP contribution is -2.40. The molecule has 2 N–H and O–H groups in total. The lowest BCUT2D eigenvalue weighted by molar-refractivity contribution is -0.161. The second-order valence-electron chi connectivity index (χ2n) is 4.68. The van der Waals surface area contributed by atoms with Gasteiger partial charge in [0.25, 0.3) is 0 Å². The maximum Gasteiger partial charge on any atom is 0.323 e. The van der Waals surface area contributed by atoms with Gasteiger partial charge in [-0.2, -0.15) is 0 Å². The van der Waals surface area contributed by atoms with Crippen LogP contribution in [-0.2, 0) is 14.3 Å². The highest BCUT2D eigenvalue weighted by atomic mass is 16.6. The van der Waals surface area contributed by atoms with Crippen molar-refractivity contribution < 1.29 is 14.3 Å². The average Bonchev–Trinajstić information content (AvgIpc) is 2.16. The summed E-state index contributed by atoms with van der Waals surface area (Å²) in [5.41, 5.74) is 5.71. The second kappa shape index (κ2) is 6.21. The number of carbonyl (C=O) groups excluding carboxylic acids is 1. The van der Waals surface area contributed by atoms with Gasteiger partial charge in [0.05, 0.1) is 12.2 Å². The first-order valence-electron chi connectivity index (χ1n) is 6.14. The molecule has 0 bridgehead atoms.